The fraction of sp³-hybridized carbons (Fsp3) is 0.647. The largest absolute Gasteiger partial charge is 0.383 e. The minimum Gasteiger partial charge on any atom is -0.383 e. The lowest BCUT2D eigenvalue weighted by molar-refractivity contribution is 0.0570. The molecule has 1 saturated heterocycles. The summed E-state index contributed by atoms with van der Waals surface area (Å²) in [5.74, 6) is 0. The topological polar surface area (TPSA) is 24.5 Å². The van der Waals surface area contributed by atoms with E-state index in [0.717, 1.165) is 39.1 Å². The van der Waals surface area contributed by atoms with Crippen molar-refractivity contribution in [2.75, 3.05) is 33.4 Å². The number of nitrogens with one attached hydrogen (secondary N) is 1. The first kappa shape index (κ1) is 15.5. The molecular weight excluding hydrogens is 248 g/mol. The molecule has 0 amide bonds. The summed E-state index contributed by atoms with van der Waals surface area (Å²) in [6.07, 6.45) is 2.27. The molecule has 1 aromatic rings. The van der Waals surface area contributed by atoms with Crippen LogP contribution in [0.3, 0.4) is 0 Å². The molecule has 3 nitrogen and oxygen atoms in total. The highest BCUT2D eigenvalue weighted by atomic mass is 16.5. The minimum absolute atomic E-state index is 0.237. The van der Waals surface area contributed by atoms with Crippen molar-refractivity contribution in [1.82, 2.24) is 10.2 Å². The zero-order chi connectivity index (χ0) is 14.4. The molecule has 1 aromatic carbocycles. The summed E-state index contributed by atoms with van der Waals surface area (Å²) in [6.45, 7) is 8.58. The zero-order valence-electron chi connectivity index (χ0n) is 13.1. The van der Waals surface area contributed by atoms with Gasteiger partial charge in [-0.3, -0.25) is 4.90 Å². The summed E-state index contributed by atoms with van der Waals surface area (Å²) >= 11 is 0. The molecule has 1 fully saturated rings. The Labute approximate surface area is 123 Å². The molecule has 2 unspecified atom stereocenters. The second-order valence-electron chi connectivity index (χ2n) is 6.10. The highest BCUT2D eigenvalue weighted by molar-refractivity contribution is 5.16. The third-order valence-electron chi connectivity index (χ3n) is 4.51. The molecular formula is C17H28N2O. The van der Waals surface area contributed by atoms with Crippen LogP contribution < -0.4 is 5.32 Å². The first-order valence-electron chi connectivity index (χ1n) is 7.69. The van der Waals surface area contributed by atoms with Gasteiger partial charge in [0.15, 0.2) is 0 Å². The van der Waals surface area contributed by atoms with E-state index in [9.17, 15) is 0 Å². The van der Waals surface area contributed by atoms with Crippen LogP contribution in [0.5, 0.6) is 0 Å². The summed E-state index contributed by atoms with van der Waals surface area (Å²) in [5.41, 5.74) is 1.66. The Hall–Kier alpha value is -0.900. The number of methoxy groups -OCH3 is 1. The summed E-state index contributed by atoms with van der Waals surface area (Å²) < 4.78 is 5.28. The monoisotopic (exact) mass is 276 g/mol. The molecule has 0 spiro atoms. The predicted octanol–water partition coefficient (Wildman–Crippen LogP) is 2.32. The number of ether oxygens (including phenoxy) is 1. The Bertz CT molecular complexity index is 395. The van der Waals surface area contributed by atoms with E-state index in [1.54, 1.807) is 7.11 Å². The molecule has 0 aromatic heterocycles. The van der Waals surface area contributed by atoms with E-state index in [2.05, 4.69) is 54.4 Å². The van der Waals surface area contributed by atoms with Gasteiger partial charge < -0.3 is 10.1 Å². The van der Waals surface area contributed by atoms with E-state index in [-0.39, 0.29) is 5.54 Å². The summed E-state index contributed by atoms with van der Waals surface area (Å²) in [5, 5.41) is 3.74. The summed E-state index contributed by atoms with van der Waals surface area (Å²) in [6, 6.07) is 11.3. The Morgan fingerprint density at radius 3 is 2.75 bits per heavy atom. The van der Waals surface area contributed by atoms with Crippen molar-refractivity contribution in [3.63, 3.8) is 0 Å². The van der Waals surface area contributed by atoms with Gasteiger partial charge in [0.2, 0.25) is 0 Å². The Kier molecular flexibility index (Phi) is 5.58. The van der Waals surface area contributed by atoms with Crippen LogP contribution in [-0.2, 0) is 11.2 Å². The molecule has 20 heavy (non-hydrogen) atoms. The molecule has 2 rings (SSSR count). The molecule has 1 heterocycles. The van der Waals surface area contributed by atoms with E-state index < -0.39 is 0 Å². The molecule has 0 saturated carbocycles. The van der Waals surface area contributed by atoms with Gasteiger partial charge >= 0.3 is 0 Å². The first-order valence-corrected chi connectivity index (χ1v) is 7.69. The zero-order valence-corrected chi connectivity index (χ0v) is 13.1. The lowest BCUT2D eigenvalue weighted by atomic mass is 9.91. The van der Waals surface area contributed by atoms with Crippen molar-refractivity contribution in [3.8, 4) is 0 Å². The number of piperazine rings is 1. The van der Waals surface area contributed by atoms with E-state index >= 15 is 0 Å². The van der Waals surface area contributed by atoms with Crippen LogP contribution in [0, 0.1) is 0 Å². The second-order valence-corrected chi connectivity index (χ2v) is 6.10. The van der Waals surface area contributed by atoms with Crippen LogP contribution >= 0.6 is 0 Å². The smallest absolute Gasteiger partial charge is 0.0589 e. The number of nitrogens with zero attached hydrogens (tertiary/aromatic N) is 1. The fourth-order valence-electron chi connectivity index (χ4n) is 2.92. The molecule has 2 atom stereocenters. The number of hydrogen-bond donors (Lipinski definition) is 1. The standard InChI is InChI=1S/C17H28N2O/c1-4-17(2)14-19(10-11-20-3)16(13-18-17)12-15-8-6-5-7-9-15/h5-9,16,18H,4,10-14H2,1-3H3. The van der Waals surface area contributed by atoms with Crippen molar-refractivity contribution >= 4 is 0 Å². The van der Waals surface area contributed by atoms with Crippen molar-refractivity contribution < 1.29 is 4.74 Å². The molecule has 112 valence electrons. The van der Waals surface area contributed by atoms with Gasteiger partial charge in [0.25, 0.3) is 0 Å². The van der Waals surface area contributed by atoms with Crippen molar-refractivity contribution in [1.29, 1.82) is 0 Å². The van der Waals surface area contributed by atoms with Crippen LogP contribution in [-0.4, -0.2) is 49.8 Å². The van der Waals surface area contributed by atoms with Crippen molar-refractivity contribution in [2.24, 2.45) is 0 Å². The lowest BCUT2D eigenvalue weighted by Crippen LogP contribution is -2.63. The quantitative estimate of drug-likeness (QED) is 0.863. The van der Waals surface area contributed by atoms with Gasteiger partial charge in [-0.1, -0.05) is 37.3 Å². The Morgan fingerprint density at radius 2 is 2.10 bits per heavy atom. The normalized spacial score (nSPS) is 27.6. The third-order valence-corrected chi connectivity index (χ3v) is 4.51. The van der Waals surface area contributed by atoms with Gasteiger partial charge in [-0.2, -0.15) is 0 Å². The van der Waals surface area contributed by atoms with Crippen LogP contribution in [0.4, 0.5) is 0 Å². The van der Waals surface area contributed by atoms with Crippen LogP contribution in [0.15, 0.2) is 30.3 Å². The van der Waals surface area contributed by atoms with Crippen molar-refractivity contribution in [3.05, 3.63) is 35.9 Å². The maximum absolute atomic E-state index is 5.28. The van der Waals surface area contributed by atoms with E-state index in [0.29, 0.717) is 6.04 Å². The van der Waals surface area contributed by atoms with Crippen LogP contribution in [0.25, 0.3) is 0 Å². The Balaban J connectivity index is 2.02. The van der Waals surface area contributed by atoms with E-state index in [1.165, 1.54) is 5.56 Å². The van der Waals surface area contributed by atoms with E-state index in [1.807, 2.05) is 0 Å². The SMILES string of the molecule is CCC1(C)CN(CCOC)C(Cc2ccccc2)CN1. The van der Waals surface area contributed by atoms with Crippen molar-refractivity contribution in [2.45, 2.75) is 38.3 Å². The van der Waals surface area contributed by atoms with Gasteiger partial charge in [0.05, 0.1) is 6.61 Å². The minimum atomic E-state index is 0.237. The number of rotatable bonds is 6. The average Bonchev–Trinajstić information content (AvgIpc) is 2.49. The molecule has 1 N–H and O–H groups in total. The molecule has 0 radical (unpaired) electrons. The highest BCUT2D eigenvalue weighted by Gasteiger charge is 2.34. The number of hydrogen-bond acceptors (Lipinski definition) is 3. The number of benzene rings is 1. The predicted molar refractivity (Wildman–Crippen MR) is 84.1 cm³/mol. The van der Waals surface area contributed by atoms with Gasteiger partial charge in [-0.15, -0.1) is 0 Å². The van der Waals surface area contributed by atoms with Gasteiger partial charge in [-0.25, -0.2) is 0 Å². The highest BCUT2D eigenvalue weighted by Crippen LogP contribution is 2.20. The molecule has 1 aliphatic rings. The molecule has 0 bridgehead atoms. The van der Waals surface area contributed by atoms with Gasteiger partial charge in [-0.05, 0) is 25.3 Å². The third kappa shape index (κ3) is 4.05. The second kappa shape index (κ2) is 7.21. The Morgan fingerprint density at radius 1 is 1.35 bits per heavy atom. The summed E-state index contributed by atoms with van der Waals surface area (Å²) in [7, 11) is 1.79. The van der Waals surface area contributed by atoms with Gasteiger partial charge in [0, 0.05) is 38.3 Å². The molecule has 0 aliphatic carbocycles. The average molecular weight is 276 g/mol. The maximum atomic E-state index is 5.28. The first-order chi connectivity index (χ1) is 9.67. The van der Waals surface area contributed by atoms with Crippen LogP contribution in [0.2, 0.25) is 0 Å². The van der Waals surface area contributed by atoms with Crippen LogP contribution in [0.1, 0.15) is 25.8 Å². The van der Waals surface area contributed by atoms with E-state index in [4.69, 9.17) is 4.74 Å². The molecule has 3 heteroatoms. The lowest BCUT2D eigenvalue weighted by Gasteiger charge is -2.46. The maximum Gasteiger partial charge on any atom is 0.0589 e. The molecule has 1 aliphatic heterocycles. The van der Waals surface area contributed by atoms with Gasteiger partial charge in [0.1, 0.15) is 0 Å². The fourth-order valence-corrected chi connectivity index (χ4v) is 2.92. The summed E-state index contributed by atoms with van der Waals surface area (Å²) in [4.78, 5) is 2.59.